The molecule has 0 fully saturated rings. The molecule has 0 bridgehead atoms. The van der Waals surface area contributed by atoms with Crippen LogP contribution in [0.2, 0.25) is 0 Å². The van der Waals surface area contributed by atoms with Crippen LogP contribution < -0.4 is 10.6 Å². The fourth-order valence-electron chi connectivity index (χ4n) is 3.26. The van der Waals surface area contributed by atoms with Crippen LogP contribution in [0.25, 0.3) is 0 Å². The molecular formula is C23H31N3O2. The first-order valence-electron chi connectivity index (χ1n) is 10.00. The number of carbonyl (C=O) groups is 2. The van der Waals surface area contributed by atoms with Gasteiger partial charge >= 0.3 is 0 Å². The van der Waals surface area contributed by atoms with Gasteiger partial charge in [0.05, 0.1) is 12.5 Å². The zero-order valence-corrected chi connectivity index (χ0v) is 16.9. The zero-order valence-electron chi connectivity index (χ0n) is 16.9. The van der Waals surface area contributed by atoms with E-state index in [4.69, 9.17) is 0 Å². The molecule has 5 heteroatoms. The van der Waals surface area contributed by atoms with E-state index in [2.05, 4.69) is 41.5 Å². The minimum absolute atomic E-state index is 0.0481. The van der Waals surface area contributed by atoms with Crippen molar-refractivity contribution in [3.05, 3.63) is 71.8 Å². The van der Waals surface area contributed by atoms with Crippen molar-refractivity contribution < 1.29 is 9.59 Å². The largest absolute Gasteiger partial charge is 0.355 e. The van der Waals surface area contributed by atoms with Crippen LogP contribution in [0, 0.1) is 0 Å². The van der Waals surface area contributed by atoms with Crippen molar-refractivity contribution in [2.45, 2.75) is 32.7 Å². The van der Waals surface area contributed by atoms with E-state index in [1.54, 1.807) is 0 Å². The Labute approximate surface area is 168 Å². The van der Waals surface area contributed by atoms with Crippen LogP contribution >= 0.6 is 0 Å². The molecule has 0 aliphatic carbocycles. The summed E-state index contributed by atoms with van der Waals surface area (Å²) in [6.07, 6.45) is 0.612. The molecule has 0 aliphatic heterocycles. The van der Waals surface area contributed by atoms with Gasteiger partial charge in [-0.15, -0.1) is 0 Å². The summed E-state index contributed by atoms with van der Waals surface area (Å²) in [4.78, 5) is 26.5. The quantitative estimate of drug-likeness (QED) is 0.629. The van der Waals surface area contributed by atoms with Gasteiger partial charge in [0.2, 0.25) is 11.8 Å². The number of likely N-dealkylation sites (N-methyl/N-ethyl adjacent to an activating group) is 1. The number of amides is 2. The first-order chi connectivity index (χ1) is 13.6. The highest BCUT2D eigenvalue weighted by Gasteiger charge is 2.18. The molecule has 0 heterocycles. The van der Waals surface area contributed by atoms with Crippen molar-refractivity contribution in [2.24, 2.45) is 0 Å². The molecule has 0 saturated heterocycles. The fourth-order valence-corrected chi connectivity index (χ4v) is 3.26. The SMILES string of the molecule is CCN(CC)C(CNC(=O)CCNC(=O)Cc1ccccc1)c1ccccc1. The highest BCUT2D eigenvalue weighted by Crippen LogP contribution is 2.19. The third kappa shape index (κ3) is 7.16. The Hall–Kier alpha value is -2.66. The van der Waals surface area contributed by atoms with Gasteiger partial charge < -0.3 is 10.6 Å². The van der Waals surface area contributed by atoms with Gasteiger partial charge in [-0.25, -0.2) is 0 Å². The van der Waals surface area contributed by atoms with E-state index in [9.17, 15) is 9.59 Å². The Morgan fingerprint density at radius 3 is 2.07 bits per heavy atom. The van der Waals surface area contributed by atoms with Crippen LogP contribution in [0.3, 0.4) is 0 Å². The molecule has 0 saturated carbocycles. The van der Waals surface area contributed by atoms with E-state index < -0.39 is 0 Å². The maximum atomic E-state index is 12.2. The maximum absolute atomic E-state index is 12.2. The van der Waals surface area contributed by atoms with Crippen LogP contribution in [-0.4, -0.2) is 42.9 Å². The van der Waals surface area contributed by atoms with E-state index in [-0.39, 0.29) is 24.3 Å². The second-order valence-corrected chi connectivity index (χ2v) is 6.71. The summed E-state index contributed by atoms with van der Waals surface area (Å²) >= 11 is 0. The van der Waals surface area contributed by atoms with Crippen LogP contribution in [0.5, 0.6) is 0 Å². The molecule has 5 nitrogen and oxygen atoms in total. The lowest BCUT2D eigenvalue weighted by Crippen LogP contribution is -2.39. The minimum Gasteiger partial charge on any atom is -0.355 e. The molecule has 2 aromatic rings. The Balaban J connectivity index is 1.77. The van der Waals surface area contributed by atoms with Crippen molar-refractivity contribution >= 4 is 11.8 Å². The molecule has 2 rings (SSSR count). The highest BCUT2D eigenvalue weighted by molar-refractivity contribution is 5.80. The summed E-state index contributed by atoms with van der Waals surface area (Å²) in [7, 11) is 0. The molecule has 28 heavy (non-hydrogen) atoms. The molecule has 150 valence electrons. The highest BCUT2D eigenvalue weighted by atomic mass is 16.2. The Morgan fingerprint density at radius 1 is 0.857 bits per heavy atom. The molecule has 0 aromatic heterocycles. The second kappa shape index (κ2) is 11.9. The predicted molar refractivity (Wildman–Crippen MR) is 113 cm³/mol. The normalized spacial score (nSPS) is 11.8. The minimum atomic E-state index is -0.0655. The molecule has 2 aromatic carbocycles. The summed E-state index contributed by atoms with van der Waals surface area (Å²) in [5.74, 6) is -0.114. The van der Waals surface area contributed by atoms with Crippen LogP contribution in [0.1, 0.15) is 37.4 Å². The Kier molecular flexibility index (Phi) is 9.22. The van der Waals surface area contributed by atoms with Gasteiger partial charge in [-0.2, -0.15) is 0 Å². The van der Waals surface area contributed by atoms with E-state index >= 15 is 0 Å². The molecule has 0 radical (unpaired) electrons. The monoisotopic (exact) mass is 381 g/mol. The Morgan fingerprint density at radius 2 is 1.46 bits per heavy atom. The number of carbonyl (C=O) groups excluding carboxylic acids is 2. The third-order valence-corrected chi connectivity index (χ3v) is 4.81. The number of nitrogens with one attached hydrogen (secondary N) is 2. The topological polar surface area (TPSA) is 61.4 Å². The van der Waals surface area contributed by atoms with E-state index in [1.165, 1.54) is 5.56 Å². The number of hydrogen-bond donors (Lipinski definition) is 2. The van der Waals surface area contributed by atoms with Gasteiger partial charge in [0, 0.05) is 19.5 Å². The summed E-state index contributed by atoms with van der Waals surface area (Å²) in [6.45, 7) is 7.00. The van der Waals surface area contributed by atoms with Crippen LogP contribution in [-0.2, 0) is 16.0 Å². The number of nitrogens with zero attached hydrogens (tertiary/aromatic N) is 1. The lowest BCUT2D eigenvalue weighted by Gasteiger charge is -2.30. The fraction of sp³-hybridized carbons (Fsp3) is 0.391. The van der Waals surface area contributed by atoms with E-state index in [0.29, 0.717) is 19.5 Å². The number of hydrogen-bond acceptors (Lipinski definition) is 3. The van der Waals surface area contributed by atoms with Crippen molar-refractivity contribution in [2.75, 3.05) is 26.2 Å². The predicted octanol–water partition coefficient (Wildman–Crippen LogP) is 2.93. The van der Waals surface area contributed by atoms with Crippen molar-refractivity contribution in [1.82, 2.24) is 15.5 Å². The molecule has 0 spiro atoms. The second-order valence-electron chi connectivity index (χ2n) is 6.71. The lowest BCUT2D eigenvalue weighted by atomic mass is 10.1. The van der Waals surface area contributed by atoms with Crippen LogP contribution in [0.4, 0.5) is 0 Å². The molecule has 0 aliphatic rings. The van der Waals surface area contributed by atoms with Crippen molar-refractivity contribution in [3.63, 3.8) is 0 Å². The van der Waals surface area contributed by atoms with Gasteiger partial charge in [-0.3, -0.25) is 14.5 Å². The van der Waals surface area contributed by atoms with Gasteiger partial charge in [0.1, 0.15) is 0 Å². The molecule has 1 unspecified atom stereocenters. The number of rotatable bonds is 11. The molecular weight excluding hydrogens is 350 g/mol. The van der Waals surface area contributed by atoms with Crippen molar-refractivity contribution in [3.8, 4) is 0 Å². The average Bonchev–Trinajstić information content (AvgIpc) is 2.72. The summed E-state index contributed by atoms with van der Waals surface area (Å²) in [5.41, 5.74) is 2.16. The lowest BCUT2D eigenvalue weighted by molar-refractivity contribution is -0.122. The summed E-state index contributed by atoms with van der Waals surface area (Å²) in [6, 6.07) is 20.0. The van der Waals surface area contributed by atoms with Crippen molar-refractivity contribution in [1.29, 1.82) is 0 Å². The molecule has 1 atom stereocenters. The number of benzene rings is 2. The smallest absolute Gasteiger partial charge is 0.224 e. The molecule has 2 N–H and O–H groups in total. The maximum Gasteiger partial charge on any atom is 0.224 e. The third-order valence-electron chi connectivity index (χ3n) is 4.81. The van der Waals surface area contributed by atoms with Gasteiger partial charge in [-0.05, 0) is 24.2 Å². The first-order valence-corrected chi connectivity index (χ1v) is 10.00. The van der Waals surface area contributed by atoms with Gasteiger partial charge in [0.25, 0.3) is 0 Å². The van der Waals surface area contributed by atoms with Gasteiger partial charge in [-0.1, -0.05) is 74.5 Å². The standard InChI is InChI=1S/C23H31N3O2/c1-3-26(4-2)21(20-13-9-6-10-14-20)18-25-22(27)15-16-24-23(28)17-19-11-7-5-8-12-19/h5-14,21H,3-4,15-18H2,1-2H3,(H,24,28)(H,25,27). The Bertz CT molecular complexity index is 715. The van der Waals surface area contributed by atoms with E-state index in [1.807, 2.05) is 48.5 Å². The summed E-state index contributed by atoms with van der Waals surface area (Å²) < 4.78 is 0. The first kappa shape index (κ1) is 21.6. The summed E-state index contributed by atoms with van der Waals surface area (Å²) in [5, 5.41) is 5.84. The van der Waals surface area contributed by atoms with E-state index in [0.717, 1.165) is 18.7 Å². The average molecular weight is 382 g/mol. The zero-order chi connectivity index (χ0) is 20.2. The molecule has 2 amide bonds. The van der Waals surface area contributed by atoms with Gasteiger partial charge in [0.15, 0.2) is 0 Å². The van der Waals surface area contributed by atoms with Crippen LogP contribution in [0.15, 0.2) is 60.7 Å².